The highest BCUT2D eigenvalue weighted by Crippen LogP contribution is 2.16. The molecule has 0 aliphatic rings. The fourth-order valence-electron chi connectivity index (χ4n) is 2.04. The van der Waals surface area contributed by atoms with Crippen LogP contribution in [0.1, 0.15) is 6.42 Å². The van der Waals surface area contributed by atoms with Crippen molar-refractivity contribution in [3.05, 3.63) is 48.4 Å². The molecule has 5 nitrogen and oxygen atoms in total. The van der Waals surface area contributed by atoms with Gasteiger partial charge in [-0.15, -0.1) is 0 Å². The zero-order valence-electron chi connectivity index (χ0n) is 13.1. The van der Waals surface area contributed by atoms with Crippen molar-refractivity contribution in [2.75, 3.05) is 31.4 Å². The molecule has 7 heteroatoms. The number of pyridine rings is 1. The summed E-state index contributed by atoms with van der Waals surface area (Å²) in [6, 6.07) is 9.20. The molecular formula is C16H19FN2O3S. The van der Waals surface area contributed by atoms with Crippen molar-refractivity contribution in [3.8, 4) is 5.75 Å². The maximum atomic E-state index is 13.6. The van der Waals surface area contributed by atoms with Gasteiger partial charge in [0, 0.05) is 26.0 Å². The Morgan fingerprint density at radius 2 is 1.91 bits per heavy atom. The number of benzene rings is 1. The number of anilines is 1. The lowest BCUT2D eigenvalue weighted by Crippen LogP contribution is -2.22. The van der Waals surface area contributed by atoms with E-state index in [-0.39, 0.29) is 10.7 Å². The highest BCUT2D eigenvalue weighted by atomic mass is 32.2. The largest absolute Gasteiger partial charge is 0.494 e. The molecule has 0 amide bonds. The summed E-state index contributed by atoms with van der Waals surface area (Å²) in [6.07, 6.45) is 3.39. The molecule has 124 valence electrons. The van der Waals surface area contributed by atoms with Gasteiger partial charge in [0.15, 0.2) is 21.5 Å². The Labute approximate surface area is 135 Å². The minimum Gasteiger partial charge on any atom is -0.494 e. The van der Waals surface area contributed by atoms with Gasteiger partial charge in [0.1, 0.15) is 5.75 Å². The van der Waals surface area contributed by atoms with E-state index in [4.69, 9.17) is 4.74 Å². The standard InChI is InChI=1S/C16H19FN2O3S/c1-19(16-15(17)5-3-10-18-16)11-4-12-22-13-6-8-14(9-7-13)23(2,20)21/h3,5-10H,4,11-12H2,1-2H3. The number of halogens is 1. The van der Waals surface area contributed by atoms with Crippen LogP contribution >= 0.6 is 0 Å². The molecule has 0 spiro atoms. The first kappa shape index (κ1) is 17.2. The van der Waals surface area contributed by atoms with Crippen LogP contribution < -0.4 is 9.64 Å². The van der Waals surface area contributed by atoms with Crippen LogP contribution in [0, 0.1) is 5.82 Å². The van der Waals surface area contributed by atoms with Gasteiger partial charge in [0.2, 0.25) is 0 Å². The van der Waals surface area contributed by atoms with Gasteiger partial charge in [-0.1, -0.05) is 0 Å². The predicted octanol–water partition coefficient (Wildman–Crippen LogP) is 2.53. The molecule has 23 heavy (non-hydrogen) atoms. The fourth-order valence-corrected chi connectivity index (χ4v) is 2.67. The third kappa shape index (κ3) is 4.92. The van der Waals surface area contributed by atoms with Crippen molar-refractivity contribution in [1.82, 2.24) is 4.98 Å². The van der Waals surface area contributed by atoms with Crippen molar-refractivity contribution in [2.24, 2.45) is 0 Å². The highest BCUT2D eigenvalue weighted by molar-refractivity contribution is 7.90. The maximum Gasteiger partial charge on any atom is 0.175 e. The highest BCUT2D eigenvalue weighted by Gasteiger charge is 2.08. The summed E-state index contributed by atoms with van der Waals surface area (Å²) in [7, 11) is -1.43. The van der Waals surface area contributed by atoms with Crippen molar-refractivity contribution in [3.63, 3.8) is 0 Å². The van der Waals surface area contributed by atoms with E-state index >= 15 is 0 Å². The van der Waals surface area contributed by atoms with Crippen LogP contribution in [-0.2, 0) is 9.84 Å². The number of ether oxygens (including phenoxy) is 1. The maximum absolute atomic E-state index is 13.6. The number of aromatic nitrogens is 1. The molecule has 0 bridgehead atoms. The third-order valence-electron chi connectivity index (χ3n) is 3.26. The second-order valence-electron chi connectivity index (χ2n) is 5.18. The number of rotatable bonds is 7. The smallest absolute Gasteiger partial charge is 0.175 e. The Kier molecular flexibility index (Phi) is 5.54. The van der Waals surface area contributed by atoms with E-state index in [1.54, 1.807) is 36.3 Å². The molecule has 0 unspecified atom stereocenters. The van der Waals surface area contributed by atoms with Gasteiger partial charge in [-0.3, -0.25) is 0 Å². The summed E-state index contributed by atoms with van der Waals surface area (Å²) in [5.74, 6) is 0.557. The molecular weight excluding hydrogens is 319 g/mol. The van der Waals surface area contributed by atoms with Gasteiger partial charge in [-0.05, 0) is 42.8 Å². The van der Waals surface area contributed by atoms with Gasteiger partial charge in [0.05, 0.1) is 11.5 Å². The molecule has 0 saturated carbocycles. The molecule has 0 aliphatic heterocycles. The van der Waals surface area contributed by atoms with E-state index in [0.717, 1.165) is 6.26 Å². The molecule has 1 aromatic carbocycles. The average Bonchev–Trinajstić information content (AvgIpc) is 2.51. The Morgan fingerprint density at radius 3 is 2.52 bits per heavy atom. The van der Waals surface area contributed by atoms with Gasteiger partial charge in [0.25, 0.3) is 0 Å². The fraction of sp³-hybridized carbons (Fsp3) is 0.312. The molecule has 0 saturated heterocycles. The lowest BCUT2D eigenvalue weighted by molar-refractivity contribution is 0.312. The van der Waals surface area contributed by atoms with Crippen molar-refractivity contribution >= 4 is 15.7 Å². The Balaban J connectivity index is 1.80. The number of nitrogens with zero attached hydrogens (tertiary/aromatic N) is 2. The molecule has 2 rings (SSSR count). The van der Waals surface area contributed by atoms with Crippen molar-refractivity contribution in [1.29, 1.82) is 0 Å². The molecule has 0 aliphatic carbocycles. The lowest BCUT2D eigenvalue weighted by Gasteiger charge is -2.18. The Bertz CT molecular complexity index is 748. The molecule has 0 fully saturated rings. The second kappa shape index (κ2) is 7.41. The average molecular weight is 338 g/mol. The summed E-state index contributed by atoms with van der Waals surface area (Å²) in [4.78, 5) is 5.99. The van der Waals surface area contributed by atoms with Crippen LogP contribution in [0.15, 0.2) is 47.5 Å². The quantitative estimate of drug-likeness (QED) is 0.726. The first-order valence-electron chi connectivity index (χ1n) is 7.12. The van der Waals surface area contributed by atoms with Gasteiger partial charge in [-0.2, -0.15) is 0 Å². The van der Waals surface area contributed by atoms with Crippen LogP contribution in [0.3, 0.4) is 0 Å². The zero-order chi connectivity index (χ0) is 16.9. The summed E-state index contributed by atoms with van der Waals surface area (Å²) < 4.78 is 41.8. The molecule has 0 radical (unpaired) electrons. The Morgan fingerprint density at radius 1 is 1.22 bits per heavy atom. The predicted molar refractivity (Wildman–Crippen MR) is 87.1 cm³/mol. The summed E-state index contributed by atoms with van der Waals surface area (Å²) >= 11 is 0. The van der Waals surface area contributed by atoms with Crippen LogP contribution in [0.4, 0.5) is 10.2 Å². The van der Waals surface area contributed by atoms with Gasteiger partial charge in [-0.25, -0.2) is 17.8 Å². The third-order valence-corrected chi connectivity index (χ3v) is 4.39. The van der Waals surface area contributed by atoms with Gasteiger partial charge < -0.3 is 9.64 Å². The number of sulfone groups is 1. The van der Waals surface area contributed by atoms with E-state index in [1.807, 2.05) is 0 Å². The van der Waals surface area contributed by atoms with Crippen molar-refractivity contribution < 1.29 is 17.5 Å². The molecule has 2 aromatic rings. The van der Waals surface area contributed by atoms with Crippen LogP contribution in [0.25, 0.3) is 0 Å². The second-order valence-corrected chi connectivity index (χ2v) is 7.19. The van der Waals surface area contributed by atoms with E-state index < -0.39 is 9.84 Å². The lowest BCUT2D eigenvalue weighted by atomic mass is 10.3. The Hall–Kier alpha value is -2.15. The van der Waals surface area contributed by atoms with E-state index in [9.17, 15) is 12.8 Å². The summed E-state index contributed by atoms with van der Waals surface area (Å²) in [6.45, 7) is 1.03. The number of hydrogen-bond acceptors (Lipinski definition) is 5. The van der Waals surface area contributed by atoms with Gasteiger partial charge >= 0.3 is 0 Å². The first-order chi connectivity index (χ1) is 10.9. The molecule has 0 N–H and O–H groups in total. The number of hydrogen-bond donors (Lipinski definition) is 0. The molecule has 1 aromatic heterocycles. The summed E-state index contributed by atoms with van der Waals surface area (Å²) in [5, 5.41) is 0. The monoisotopic (exact) mass is 338 g/mol. The zero-order valence-corrected chi connectivity index (χ0v) is 13.9. The minimum absolute atomic E-state index is 0.259. The molecule has 1 heterocycles. The van der Waals surface area contributed by atoms with Crippen LogP contribution in [0.5, 0.6) is 5.75 Å². The van der Waals surface area contributed by atoms with Crippen molar-refractivity contribution in [2.45, 2.75) is 11.3 Å². The summed E-state index contributed by atoms with van der Waals surface area (Å²) in [5.41, 5.74) is 0. The first-order valence-corrected chi connectivity index (χ1v) is 9.01. The topological polar surface area (TPSA) is 59.5 Å². The molecule has 0 atom stereocenters. The van der Waals surface area contributed by atoms with E-state index in [1.165, 1.54) is 18.2 Å². The van der Waals surface area contributed by atoms with Crippen LogP contribution in [-0.4, -0.2) is 39.9 Å². The normalized spacial score (nSPS) is 11.3. The van der Waals surface area contributed by atoms with E-state index in [2.05, 4.69) is 4.98 Å². The van der Waals surface area contributed by atoms with Crippen LogP contribution in [0.2, 0.25) is 0 Å². The minimum atomic E-state index is -3.20. The van der Waals surface area contributed by atoms with E-state index in [0.29, 0.717) is 31.1 Å². The SMILES string of the molecule is CN(CCCOc1ccc(S(C)(=O)=O)cc1)c1ncccc1F.